The minimum Gasteiger partial charge on any atom is -0.497 e. The van der Waals surface area contributed by atoms with Crippen LogP contribution in [0.15, 0.2) is 82.2 Å². The van der Waals surface area contributed by atoms with E-state index in [4.69, 9.17) is 9.47 Å². The van der Waals surface area contributed by atoms with Crippen molar-refractivity contribution in [1.29, 1.82) is 0 Å². The second-order valence-corrected chi connectivity index (χ2v) is 9.20. The molecule has 0 aromatic heterocycles. The predicted octanol–water partition coefficient (Wildman–Crippen LogP) is 4.30. The molecule has 0 bridgehead atoms. The van der Waals surface area contributed by atoms with Crippen molar-refractivity contribution in [2.45, 2.75) is 4.90 Å². The van der Waals surface area contributed by atoms with Gasteiger partial charge >= 0.3 is 0 Å². The van der Waals surface area contributed by atoms with Gasteiger partial charge in [0.25, 0.3) is 10.0 Å². The monoisotopic (exact) mass is 504 g/mol. The van der Waals surface area contributed by atoms with Gasteiger partial charge in [-0.3, -0.25) is 9.10 Å². The number of hydrogen-bond acceptors (Lipinski definition) is 5. The number of nitrogens with zero attached hydrogens (tertiary/aromatic N) is 1. The lowest BCUT2D eigenvalue weighted by molar-refractivity contribution is -0.114. The highest BCUT2D eigenvalue weighted by Crippen LogP contribution is 2.30. The van der Waals surface area contributed by atoms with Crippen LogP contribution in [0.5, 0.6) is 11.5 Å². The number of rotatable bonds is 8. The summed E-state index contributed by atoms with van der Waals surface area (Å²) in [4.78, 5) is 13.0. The molecule has 1 amide bonds. The number of benzene rings is 3. The fraction of sp³-hybridized carbons (Fsp3) is 0.136. The Hall–Kier alpha value is -3.04. The molecule has 0 aliphatic heterocycles. The molecule has 3 rings (SSSR count). The second kappa shape index (κ2) is 9.84. The van der Waals surface area contributed by atoms with Gasteiger partial charge in [-0.2, -0.15) is 0 Å². The highest BCUT2D eigenvalue weighted by molar-refractivity contribution is 9.10. The summed E-state index contributed by atoms with van der Waals surface area (Å²) in [6.07, 6.45) is 0. The molecular weight excluding hydrogens is 484 g/mol. The first-order valence-electron chi connectivity index (χ1n) is 9.20. The van der Waals surface area contributed by atoms with E-state index >= 15 is 0 Å². The smallest absolute Gasteiger partial charge is 0.264 e. The van der Waals surface area contributed by atoms with Gasteiger partial charge in [0.05, 0.1) is 30.5 Å². The molecular formula is C22H21BrN2O5S. The van der Waals surface area contributed by atoms with E-state index < -0.39 is 22.5 Å². The van der Waals surface area contributed by atoms with Crippen molar-refractivity contribution in [2.24, 2.45) is 0 Å². The lowest BCUT2D eigenvalue weighted by Gasteiger charge is -2.24. The van der Waals surface area contributed by atoms with Gasteiger partial charge in [-0.05, 0) is 42.5 Å². The van der Waals surface area contributed by atoms with Crippen LogP contribution < -0.4 is 19.1 Å². The predicted molar refractivity (Wildman–Crippen MR) is 123 cm³/mol. The Bertz CT molecular complexity index is 1170. The zero-order chi connectivity index (χ0) is 22.4. The normalized spacial score (nSPS) is 10.9. The number of carbonyl (C=O) groups is 1. The summed E-state index contributed by atoms with van der Waals surface area (Å²) in [6.45, 7) is -0.436. The molecule has 0 heterocycles. The lowest BCUT2D eigenvalue weighted by Crippen LogP contribution is -2.38. The largest absolute Gasteiger partial charge is 0.497 e. The standard InChI is InChI=1S/C22H21BrN2O5S/c1-29-18-11-12-21(30-2)20(14-18)24-22(26)15-25(17-8-6-7-16(23)13-17)31(27,28)19-9-4-3-5-10-19/h3-14H,15H2,1-2H3,(H,24,26). The van der Waals surface area contributed by atoms with Crippen molar-refractivity contribution in [3.63, 3.8) is 0 Å². The van der Waals surface area contributed by atoms with E-state index in [-0.39, 0.29) is 4.90 Å². The van der Waals surface area contributed by atoms with Crippen molar-refractivity contribution >= 4 is 43.2 Å². The molecule has 0 radical (unpaired) electrons. The summed E-state index contributed by atoms with van der Waals surface area (Å²) in [5, 5.41) is 2.71. The summed E-state index contributed by atoms with van der Waals surface area (Å²) in [5.41, 5.74) is 0.726. The molecule has 1 N–H and O–H groups in total. The van der Waals surface area contributed by atoms with E-state index in [1.165, 1.54) is 26.4 Å². The Morgan fingerprint density at radius 3 is 2.35 bits per heavy atom. The van der Waals surface area contributed by atoms with Crippen molar-refractivity contribution in [1.82, 2.24) is 0 Å². The van der Waals surface area contributed by atoms with Crippen LogP contribution in [-0.2, 0) is 14.8 Å². The summed E-state index contributed by atoms with van der Waals surface area (Å²) in [5.74, 6) is 0.414. The molecule has 0 aliphatic rings. The highest BCUT2D eigenvalue weighted by atomic mass is 79.9. The molecule has 0 fully saturated rings. The van der Waals surface area contributed by atoms with Gasteiger partial charge in [-0.25, -0.2) is 8.42 Å². The number of ether oxygens (including phenoxy) is 2. The Labute approximate surface area is 189 Å². The fourth-order valence-electron chi connectivity index (χ4n) is 2.90. The first-order valence-corrected chi connectivity index (χ1v) is 11.4. The molecule has 0 aliphatic carbocycles. The van der Waals surface area contributed by atoms with Crippen molar-refractivity contribution in [3.05, 3.63) is 77.3 Å². The molecule has 0 saturated heterocycles. The molecule has 0 atom stereocenters. The van der Waals surface area contributed by atoms with Crippen LogP contribution in [0.4, 0.5) is 11.4 Å². The van der Waals surface area contributed by atoms with Crippen LogP contribution in [-0.4, -0.2) is 35.1 Å². The van der Waals surface area contributed by atoms with Gasteiger partial charge in [0.2, 0.25) is 5.91 Å². The van der Waals surface area contributed by atoms with E-state index in [0.717, 1.165) is 4.31 Å². The topological polar surface area (TPSA) is 84.9 Å². The summed E-state index contributed by atoms with van der Waals surface area (Å²) < 4.78 is 38.9. The van der Waals surface area contributed by atoms with Crippen LogP contribution in [0, 0.1) is 0 Å². The Morgan fingerprint density at radius 2 is 1.71 bits per heavy atom. The number of sulfonamides is 1. The van der Waals surface area contributed by atoms with E-state index in [1.54, 1.807) is 60.7 Å². The zero-order valence-electron chi connectivity index (χ0n) is 16.9. The van der Waals surface area contributed by atoms with Gasteiger partial charge in [0.15, 0.2) is 0 Å². The number of hydrogen-bond donors (Lipinski definition) is 1. The quantitative estimate of drug-likeness (QED) is 0.494. The molecule has 9 heteroatoms. The van der Waals surface area contributed by atoms with E-state index in [9.17, 15) is 13.2 Å². The van der Waals surface area contributed by atoms with Gasteiger partial charge in [0.1, 0.15) is 18.0 Å². The molecule has 3 aromatic rings. The van der Waals surface area contributed by atoms with E-state index in [0.29, 0.717) is 27.3 Å². The maximum Gasteiger partial charge on any atom is 0.264 e. The fourth-order valence-corrected chi connectivity index (χ4v) is 4.72. The second-order valence-electron chi connectivity index (χ2n) is 6.42. The summed E-state index contributed by atoms with van der Waals surface area (Å²) in [6, 6.07) is 19.7. The maximum atomic E-state index is 13.3. The summed E-state index contributed by atoms with van der Waals surface area (Å²) >= 11 is 3.36. The minimum atomic E-state index is -3.99. The van der Waals surface area contributed by atoms with Gasteiger partial charge in [-0.15, -0.1) is 0 Å². The molecule has 0 unspecified atom stereocenters. The SMILES string of the molecule is COc1ccc(OC)c(NC(=O)CN(c2cccc(Br)c2)S(=O)(=O)c2ccccc2)c1. The number of amides is 1. The third kappa shape index (κ3) is 5.36. The minimum absolute atomic E-state index is 0.0849. The summed E-state index contributed by atoms with van der Waals surface area (Å²) in [7, 11) is -1.00. The number of nitrogens with one attached hydrogen (secondary N) is 1. The molecule has 7 nitrogen and oxygen atoms in total. The number of carbonyl (C=O) groups excluding carboxylic acids is 1. The Kier molecular flexibility index (Phi) is 7.19. The average molecular weight is 505 g/mol. The van der Waals surface area contributed by atoms with Crippen molar-refractivity contribution < 1.29 is 22.7 Å². The van der Waals surface area contributed by atoms with Crippen LogP contribution in [0.1, 0.15) is 0 Å². The van der Waals surface area contributed by atoms with Gasteiger partial charge in [0, 0.05) is 10.5 Å². The van der Waals surface area contributed by atoms with Crippen LogP contribution >= 0.6 is 15.9 Å². The average Bonchev–Trinajstić information content (AvgIpc) is 2.78. The first kappa shape index (κ1) is 22.6. The maximum absolute atomic E-state index is 13.3. The molecule has 3 aromatic carbocycles. The van der Waals surface area contributed by atoms with Crippen molar-refractivity contribution in [2.75, 3.05) is 30.4 Å². The lowest BCUT2D eigenvalue weighted by atomic mass is 10.2. The Balaban J connectivity index is 1.95. The zero-order valence-corrected chi connectivity index (χ0v) is 19.3. The first-order chi connectivity index (χ1) is 14.8. The highest BCUT2D eigenvalue weighted by Gasteiger charge is 2.27. The van der Waals surface area contributed by atoms with Crippen LogP contribution in [0.3, 0.4) is 0 Å². The van der Waals surface area contributed by atoms with E-state index in [2.05, 4.69) is 21.2 Å². The van der Waals surface area contributed by atoms with Crippen LogP contribution in [0.25, 0.3) is 0 Å². The molecule has 162 valence electrons. The third-order valence-electron chi connectivity index (χ3n) is 4.40. The van der Waals surface area contributed by atoms with Gasteiger partial charge in [-0.1, -0.05) is 40.2 Å². The molecule has 0 spiro atoms. The molecule has 31 heavy (non-hydrogen) atoms. The van der Waals surface area contributed by atoms with Crippen LogP contribution in [0.2, 0.25) is 0 Å². The third-order valence-corrected chi connectivity index (χ3v) is 6.68. The van der Waals surface area contributed by atoms with Crippen molar-refractivity contribution in [3.8, 4) is 11.5 Å². The van der Waals surface area contributed by atoms with E-state index in [1.807, 2.05) is 0 Å². The number of methoxy groups -OCH3 is 2. The number of halogens is 1. The number of anilines is 2. The Morgan fingerprint density at radius 1 is 0.968 bits per heavy atom. The van der Waals surface area contributed by atoms with Gasteiger partial charge < -0.3 is 14.8 Å². The molecule has 0 saturated carbocycles.